The molecular formula is C20H19ClFN3O3. The van der Waals surface area contributed by atoms with E-state index < -0.39 is 23.7 Å². The summed E-state index contributed by atoms with van der Waals surface area (Å²) in [4.78, 5) is 40.0. The van der Waals surface area contributed by atoms with E-state index in [0.29, 0.717) is 16.4 Å². The predicted octanol–water partition coefficient (Wildman–Crippen LogP) is 2.99. The third kappa shape index (κ3) is 4.21. The number of amides is 3. The largest absolute Gasteiger partial charge is 0.325 e. The molecule has 1 aliphatic heterocycles. The van der Waals surface area contributed by atoms with Crippen molar-refractivity contribution < 1.29 is 18.8 Å². The van der Waals surface area contributed by atoms with Gasteiger partial charge in [0, 0.05) is 10.7 Å². The number of imide groups is 1. The predicted molar refractivity (Wildman–Crippen MR) is 105 cm³/mol. The van der Waals surface area contributed by atoms with E-state index in [-0.39, 0.29) is 18.9 Å². The molecule has 1 N–H and O–H groups in total. The van der Waals surface area contributed by atoms with Gasteiger partial charge >= 0.3 is 0 Å². The number of hydrogen-bond acceptors (Lipinski definition) is 4. The normalized spacial score (nSPS) is 16.8. The Morgan fingerprint density at radius 1 is 1.29 bits per heavy atom. The van der Waals surface area contributed by atoms with E-state index in [2.05, 4.69) is 5.32 Å². The van der Waals surface area contributed by atoms with Gasteiger partial charge in [-0.05, 0) is 49.9 Å². The Bertz CT molecular complexity index is 950. The van der Waals surface area contributed by atoms with Crippen LogP contribution in [0.3, 0.4) is 0 Å². The number of benzene rings is 2. The minimum Gasteiger partial charge on any atom is -0.325 e. The molecule has 1 aliphatic rings. The van der Waals surface area contributed by atoms with E-state index in [4.69, 9.17) is 11.6 Å². The summed E-state index contributed by atoms with van der Waals surface area (Å²) >= 11 is 6.10. The van der Waals surface area contributed by atoms with Gasteiger partial charge in [-0.15, -0.1) is 0 Å². The van der Waals surface area contributed by atoms with Gasteiger partial charge in [0.05, 0.1) is 24.7 Å². The molecule has 1 heterocycles. The number of aryl methyl sites for hydroxylation is 1. The SMILES string of the molecule is Cc1ccc(N2C(=O)C[C@@H](N(C)CC(=O)Nc3cccc(F)c3)C2=O)cc1Cl. The standard InChI is InChI=1S/C20H19ClFN3O3/c1-12-6-7-15(9-16(12)21)25-19(27)10-17(20(25)28)24(2)11-18(26)23-14-5-3-4-13(22)8-14/h3-9,17H,10-11H2,1-2H3,(H,23,26)/t17-/m1/s1. The first-order valence-electron chi connectivity index (χ1n) is 8.65. The Labute approximate surface area is 166 Å². The molecule has 0 unspecified atom stereocenters. The summed E-state index contributed by atoms with van der Waals surface area (Å²) in [5.74, 6) is -1.64. The molecule has 3 amide bonds. The highest BCUT2D eigenvalue weighted by Crippen LogP contribution is 2.28. The summed E-state index contributed by atoms with van der Waals surface area (Å²) in [5, 5.41) is 3.03. The number of rotatable bonds is 5. The highest BCUT2D eigenvalue weighted by Gasteiger charge is 2.42. The monoisotopic (exact) mass is 403 g/mol. The van der Waals surface area contributed by atoms with Crippen LogP contribution in [0.5, 0.6) is 0 Å². The number of carbonyl (C=O) groups excluding carboxylic acids is 3. The molecule has 2 aromatic rings. The number of halogens is 2. The zero-order chi connectivity index (χ0) is 20.4. The second-order valence-corrected chi connectivity index (χ2v) is 7.10. The van der Waals surface area contributed by atoms with E-state index in [0.717, 1.165) is 10.5 Å². The number of nitrogens with zero attached hydrogens (tertiary/aromatic N) is 2. The van der Waals surface area contributed by atoms with Gasteiger partial charge in [-0.25, -0.2) is 9.29 Å². The van der Waals surface area contributed by atoms with Gasteiger partial charge in [0.15, 0.2) is 0 Å². The van der Waals surface area contributed by atoms with Crippen molar-refractivity contribution in [3.63, 3.8) is 0 Å². The average Bonchev–Trinajstić information content (AvgIpc) is 2.92. The molecule has 0 radical (unpaired) electrons. The number of carbonyl (C=O) groups is 3. The van der Waals surface area contributed by atoms with E-state index in [9.17, 15) is 18.8 Å². The Hall–Kier alpha value is -2.77. The van der Waals surface area contributed by atoms with Gasteiger partial charge < -0.3 is 5.32 Å². The molecule has 1 fully saturated rings. The van der Waals surface area contributed by atoms with Crippen molar-refractivity contribution in [3.05, 3.63) is 58.9 Å². The molecular weight excluding hydrogens is 385 g/mol. The molecule has 0 aromatic heterocycles. The van der Waals surface area contributed by atoms with E-state index in [1.807, 2.05) is 6.92 Å². The highest BCUT2D eigenvalue weighted by atomic mass is 35.5. The van der Waals surface area contributed by atoms with Crippen molar-refractivity contribution in [1.29, 1.82) is 0 Å². The minimum absolute atomic E-state index is 0.0337. The van der Waals surface area contributed by atoms with Crippen LogP contribution in [0.25, 0.3) is 0 Å². The first-order valence-corrected chi connectivity index (χ1v) is 9.02. The molecule has 6 nitrogen and oxygen atoms in total. The van der Waals surface area contributed by atoms with Crippen molar-refractivity contribution in [1.82, 2.24) is 4.90 Å². The molecule has 1 atom stereocenters. The maximum atomic E-state index is 13.2. The van der Waals surface area contributed by atoms with Crippen LogP contribution < -0.4 is 10.2 Å². The number of hydrogen-bond donors (Lipinski definition) is 1. The summed E-state index contributed by atoms with van der Waals surface area (Å²) < 4.78 is 13.2. The molecule has 28 heavy (non-hydrogen) atoms. The smallest absolute Gasteiger partial charge is 0.251 e. The van der Waals surface area contributed by atoms with Crippen LogP contribution in [0.15, 0.2) is 42.5 Å². The van der Waals surface area contributed by atoms with Crippen molar-refractivity contribution in [3.8, 4) is 0 Å². The minimum atomic E-state index is -0.758. The van der Waals surface area contributed by atoms with Crippen LogP contribution in [0.2, 0.25) is 5.02 Å². The van der Waals surface area contributed by atoms with Gasteiger partial charge in [-0.3, -0.25) is 19.3 Å². The van der Waals surface area contributed by atoms with Crippen LogP contribution in [0, 0.1) is 12.7 Å². The Morgan fingerprint density at radius 2 is 2.04 bits per heavy atom. The second kappa shape index (κ2) is 8.08. The summed E-state index contributed by atoms with van der Waals surface area (Å²) in [6, 6.07) is 9.74. The fraction of sp³-hybridized carbons (Fsp3) is 0.250. The highest BCUT2D eigenvalue weighted by molar-refractivity contribution is 6.32. The Kier molecular flexibility index (Phi) is 5.76. The van der Waals surface area contributed by atoms with Gasteiger partial charge in [0.2, 0.25) is 11.8 Å². The van der Waals surface area contributed by atoms with Crippen molar-refractivity contribution in [2.24, 2.45) is 0 Å². The third-order valence-electron chi connectivity index (χ3n) is 4.57. The molecule has 0 spiro atoms. The zero-order valence-electron chi connectivity index (χ0n) is 15.4. The topological polar surface area (TPSA) is 69.7 Å². The quantitative estimate of drug-likeness (QED) is 0.779. The lowest BCUT2D eigenvalue weighted by atomic mass is 10.2. The van der Waals surface area contributed by atoms with Crippen molar-refractivity contribution in [2.75, 3.05) is 23.8 Å². The summed E-state index contributed by atoms with van der Waals surface area (Å²) in [6.07, 6.45) is -0.0337. The van der Waals surface area contributed by atoms with Gasteiger partial charge in [0.1, 0.15) is 5.82 Å². The van der Waals surface area contributed by atoms with Gasteiger partial charge in [0.25, 0.3) is 5.91 Å². The van der Waals surface area contributed by atoms with Crippen LogP contribution in [0.1, 0.15) is 12.0 Å². The number of nitrogens with one attached hydrogen (secondary N) is 1. The van der Waals surface area contributed by atoms with E-state index >= 15 is 0 Å². The zero-order valence-corrected chi connectivity index (χ0v) is 16.2. The van der Waals surface area contributed by atoms with E-state index in [1.165, 1.54) is 23.1 Å². The maximum Gasteiger partial charge on any atom is 0.251 e. The fourth-order valence-corrected chi connectivity index (χ4v) is 3.23. The van der Waals surface area contributed by atoms with Gasteiger partial charge in [-0.1, -0.05) is 23.7 Å². The van der Waals surface area contributed by atoms with Crippen molar-refractivity contribution in [2.45, 2.75) is 19.4 Å². The fourth-order valence-electron chi connectivity index (χ4n) is 3.06. The Balaban J connectivity index is 1.68. The molecule has 8 heteroatoms. The molecule has 1 saturated heterocycles. The molecule has 2 aromatic carbocycles. The molecule has 0 saturated carbocycles. The number of likely N-dealkylation sites (N-methyl/N-ethyl adjacent to an activating group) is 1. The van der Waals surface area contributed by atoms with Crippen LogP contribution in [-0.4, -0.2) is 42.3 Å². The molecule has 146 valence electrons. The summed E-state index contributed by atoms with van der Waals surface area (Å²) in [6.45, 7) is 1.70. The lowest BCUT2D eigenvalue weighted by molar-refractivity contribution is -0.123. The molecule has 3 rings (SSSR count). The lowest BCUT2D eigenvalue weighted by Crippen LogP contribution is -2.43. The number of anilines is 2. The van der Waals surface area contributed by atoms with Crippen LogP contribution >= 0.6 is 11.6 Å². The maximum absolute atomic E-state index is 13.2. The average molecular weight is 404 g/mol. The Morgan fingerprint density at radius 3 is 2.71 bits per heavy atom. The molecule has 0 aliphatic carbocycles. The van der Waals surface area contributed by atoms with Crippen LogP contribution in [0.4, 0.5) is 15.8 Å². The first-order chi connectivity index (χ1) is 13.3. The van der Waals surface area contributed by atoms with Crippen LogP contribution in [-0.2, 0) is 14.4 Å². The summed E-state index contributed by atoms with van der Waals surface area (Å²) in [7, 11) is 1.59. The second-order valence-electron chi connectivity index (χ2n) is 6.69. The first kappa shape index (κ1) is 20.0. The van der Waals surface area contributed by atoms with Gasteiger partial charge in [-0.2, -0.15) is 0 Å². The molecule has 0 bridgehead atoms. The van der Waals surface area contributed by atoms with E-state index in [1.54, 1.807) is 31.3 Å². The lowest BCUT2D eigenvalue weighted by Gasteiger charge is -2.22. The summed E-state index contributed by atoms with van der Waals surface area (Å²) in [5.41, 5.74) is 1.57. The van der Waals surface area contributed by atoms with Crippen molar-refractivity contribution >= 4 is 40.7 Å². The third-order valence-corrected chi connectivity index (χ3v) is 4.98.